The van der Waals surface area contributed by atoms with Crippen LogP contribution in [0.3, 0.4) is 0 Å². The smallest absolute Gasteiger partial charge is 0.203 e. The molecular weight excluding hydrogens is 252 g/mol. The predicted octanol–water partition coefficient (Wildman–Crippen LogP) is 1.40. The highest BCUT2D eigenvalue weighted by atomic mass is 15.3. The summed E-state index contributed by atoms with van der Waals surface area (Å²) in [5.74, 6) is 1.86. The first-order chi connectivity index (χ1) is 9.79. The quantitative estimate of drug-likeness (QED) is 0.913. The van der Waals surface area contributed by atoms with Gasteiger partial charge in [-0.25, -0.2) is 4.98 Å². The molecule has 0 amide bonds. The number of aromatic nitrogens is 4. The first-order valence-electron chi connectivity index (χ1n) is 7.44. The maximum Gasteiger partial charge on any atom is 0.203 e. The van der Waals surface area contributed by atoms with Gasteiger partial charge in [0.2, 0.25) is 5.65 Å². The maximum absolute atomic E-state index is 4.53. The Morgan fingerprint density at radius 2 is 2.30 bits per heavy atom. The molecule has 6 heteroatoms. The molecule has 0 radical (unpaired) electrons. The summed E-state index contributed by atoms with van der Waals surface area (Å²) in [4.78, 5) is 6.87. The van der Waals surface area contributed by atoms with Gasteiger partial charge in [0.25, 0.3) is 0 Å². The second kappa shape index (κ2) is 5.75. The van der Waals surface area contributed by atoms with Crippen LogP contribution in [0.4, 0.5) is 5.82 Å². The fourth-order valence-corrected chi connectivity index (χ4v) is 2.84. The van der Waals surface area contributed by atoms with Gasteiger partial charge >= 0.3 is 0 Å². The van der Waals surface area contributed by atoms with E-state index in [2.05, 4.69) is 32.3 Å². The summed E-state index contributed by atoms with van der Waals surface area (Å²) in [7, 11) is 0. The van der Waals surface area contributed by atoms with E-state index in [0.717, 1.165) is 36.9 Å². The number of anilines is 1. The molecule has 3 rings (SSSR count). The molecule has 0 aliphatic carbocycles. The Morgan fingerprint density at radius 1 is 1.40 bits per heavy atom. The topological polar surface area (TPSA) is 58.4 Å². The molecule has 0 bridgehead atoms. The van der Waals surface area contributed by atoms with Crippen LogP contribution in [-0.4, -0.2) is 45.3 Å². The summed E-state index contributed by atoms with van der Waals surface area (Å²) in [5, 5.41) is 12.0. The van der Waals surface area contributed by atoms with E-state index < -0.39 is 0 Å². The lowest BCUT2D eigenvalue weighted by molar-refractivity contribution is 0.422. The normalized spacial score (nSPS) is 19.7. The molecule has 108 valence electrons. The lowest BCUT2D eigenvalue weighted by atomic mass is 10.1. The lowest BCUT2D eigenvalue weighted by Gasteiger charge is -2.34. The van der Waals surface area contributed by atoms with Crippen molar-refractivity contribution in [2.45, 2.75) is 39.2 Å². The molecule has 0 saturated carbocycles. The van der Waals surface area contributed by atoms with Gasteiger partial charge in [-0.3, -0.25) is 4.40 Å². The Bertz CT molecular complexity index is 578. The fraction of sp³-hybridized carbons (Fsp3) is 0.643. The van der Waals surface area contributed by atoms with E-state index in [9.17, 15) is 0 Å². The number of hydrogen-bond donors (Lipinski definition) is 1. The van der Waals surface area contributed by atoms with E-state index in [1.807, 2.05) is 23.7 Å². The molecule has 1 atom stereocenters. The van der Waals surface area contributed by atoms with E-state index in [1.54, 1.807) is 0 Å². The third-order valence-corrected chi connectivity index (χ3v) is 3.88. The van der Waals surface area contributed by atoms with Gasteiger partial charge in [0.15, 0.2) is 5.82 Å². The molecule has 2 aromatic heterocycles. The molecule has 1 aliphatic heterocycles. The van der Waals surface area contributed by atoms with E-state index in [0.29, 0.717) is 6.04 Å². The maximum atomic E-state index is 4.53. The van der Waals surface area contributed by atoms with Crippen molar-refractivity contribution in [3.05, 3.63) is 18.2 Å². The van der Waals surface area contributed by atoms with Gasteiger partial charge in [-0.1, -0.05) is 6.92 Å². The minimum Gasteiger partial charge on any atom is -0.352 e. The van der Waals surface area contributed by atoms with E-state index in [4.69, 9.17) is 0 Å². The average molecular weight is 274 g/mol. The Kier molecular flexibility index (Phi) is 3.82. The van der Waals surface area contributed by atoms with Gasteiger partial charge in [-0.05, 0) is 32.7 Å². The summed E-state index contributed by atoms with van der Waals surface area (Å²) in [6.07, 6.45) is 7.36. The minimum atomic E-state index is 0.551. The Labute approximate surface area is 119 Å². The van der Waals surface area contributed by atoms with E-state index in [-0.39, 0.29) is 0 Å². The third kappa shape index (κ3) is 2.47. The average Bonchev–Trinajstić information content (AvgIpc) is 2.87. The van der Waals surface area contributed by atoms with Crippen molar-refractivity contribution in [1.29, 1.82) is 0 Å². The molecule has 0 spiro atoms. The number of nitrogens with zero attached hydrogens (tertiary/aromatic N) is 5. The zero-order valence-corrected chi connectivity index (χ0v) is 12.2. The molecule has 1 aliphatic rings. The van der Waals surface area contributed by atoms with Crippen LogP contribution in [0.25, 0.3) is 5.65 Å². The van der Waals surface area contributed by atoms with Crippen LogP contribution in [0.15, 0.2) is 12.4 Å². The molecule has 20 heavy (non-hydrogen) atoms. The number of hydrogen-bond acceptors (Lipinski definition) is 5. The Morgan fingerprint density at radius 3 is 3.15 bits per heavy atom. The summed E-state index contributed by atoms with van der Waals surface area (Å²) >= 11 is 0. The van der Waals surface area contributed by atoms with Gasteiger partial charge in [0.1, 0.15) is 5.82 Å². The van der Waals surface area contributed by atoms with Crippen molar-refractivity contribution < 1.29 is 0 Å². The van der Waals surface area contributed by atoms with Crippen molar-refractivity contribution in [3.8, 4) is 0 Å². The third-order valence-electron chi connectivity index (χ3n) is 3.88. The zero-order valence-electron chi connectivity index (χ0n) is 12.2. The lowest BCUT2D eigenvalue weighted by Crippen LogP contribution is -2.46. The summed E-state index contributed by atoms with van der Waals surface area (Å²) in [6, 6.07) is 0.551. The molecule has 6 nitrogen and oxygen atoms in total. The Balaban J connectivity index is 1.83. The molecule has 1 saturated heterocycles. The minimum absolute atomic E-state index is 0.551. The van der Waals surface area contributed by atoms with Crippen LogP contribution in [0.1, 0.15) is 32.0 Å². The number of rotatable bonds is 4. The van der Waals surface area contributed by atoms with Gasteiger partial charge in [0, 0.05) is 31.5 Å². The van der Waals surface area contributed by atoms with Gasteiger partial charge < -0.3 is 10.2 Å². The highest BCUT2D eigenvalue weighted by Gasteiger charge is 2.22. The number of piperidine rings is 1. The first-order valence-corrected chi connectivity index (χ1v) is 7.44. The Hall–Kier alpha value is -1.69. The number of fused-ring (bicyclic) bond motifs is 1. The highest BCUT2D eigenvalue weighted by molar-refractivity contribution is 5.64. The van der Waals surface area contributed by atoms with Gasteiger partial charge in [-0.2, -0.15) is 0 Å². The second-order valence-corrected chi connectivity index (χ2v) is 5.43. The fourth-order valence-electron chi connectivity index (χ4n) is 2.84. The van der Waals surface area contributed by atoms with Crippen molar-refractivity contribution >= 4 is 11.5 Å². The molecule has 1 N–H and O–H groups in total. The zero-order chi connectivity index (χ0) is 13.9. The SMILES string of the molecule is CCCNC1CCCN(c2nccn3c(C)nnc23)C1. The molecular formula is C14H22N6. The van der Waals surface area contributed by atoms with Crippen molar-refractivity contribution in [2.75, 3.05) is 24.5 Å². The summed E-state index contributed by atoms with van der Waals surface area (Å²) < 4.78 is 2.01. The van der Waals surface area contributed by atoms with Crippen LogP contribution >= 0.6 is 0 Å². The summed E-state index contributed by atoms with van der Waals surface area (Å²) in [5.41, 5.74) is 0.862. The van der Waals surface area contributed by atoms with Crippen molar-refractivity contribution in [2.24, 2.45) is 0 Å². The van der Waals surface area contributed by atoms with Crippen LogP contribution in [0.2, 0.25) is 0 Å². The summed E-state index contributed by atoms with van der Waals surface area (Å²) in [6.45, 7) is 7.29. The van der Waals surface area contributed by atoms with Crippen molar-refractivity contribution in [1.82, 2.24) is 24.9 Å². The number of nitrogens with one attached hydrogen (secondary N) is 1. The van der Waals surface area contributed by atoms with Crippen LogP contribution in [-0.2, 0) is 0 Å². The second-order valence-electron chi connectivity index (χ2n) is 5.43. The standard InChI is InChI=1S/C14H22N6/c1-3-6-15-12-5-4-8-19(10-12)13-14-18-17-11(2)20(14)9-7-16-13/h7,9,12,15H,3-6,8,10H2,1-2H3. The molecule has 1 unspecified atom stereocenters. The van der Waals surface area contributed by atoms with Gasteiger partial charge in [0.05, 0.1) is 0 Å². The molecule has 3 heterocycles. The molecule has 0 aromatic carbocycles. The van der Waals surface area contributed by atoms with Crippen LogP contribution in [0.5, 0.6) is 0 Å². The highest BCUT2D eigenvalue weighted by Crippen LogP contribution is 2.21. The van der Waals surface area contributed by atoms with Crippen LogP contribution < -0.4 is 10.2 Å². The predicted molar refractivity (Wildman–Crippen MR) is 79.0 cm³/mol. The van der Waals surface area contributed by atoms with Crippen LogP contribution in [0, 0.1) is 6.92 Å². The number of aryl methyl sites for hydroxylation is 1. The van der Waals surface area contributed by atoms with Crippen molar-refractivity contribution in [3.63, 3.8) is 0 Å². The first kappa shape index (κ1) is 13.3. The molecule has 1 fully saturated rings. The van der Waals surface area contributed by atoms with Gasteiger partial charge in [-0.15, -0.1) is 10.2 Å². The largest absolute Gasteiger partial charge is 0.352 e. The van der Waals surface area contributed by atoms with E-state index in [1.165, 1.54) is 19.3 Å². The molecule has 2 aromatic rings. The van der Waals surface area contributed by atoms with E-state index >= 15 is 0 Å². The monoisotopic (exact) mass is 274 g/mol.